The van der Waals surface area contributed by atoms with Crippen LogP contribution in [-0.2, 0) is 9.53 Å². The first-order chi connectivity index (χ1) is 8.57. The molecule has 1 aromatic rings. The fraction of sp³-hybridized carbons (Fsp3) is 0.533. The molecule has 0 saturated heterocycles. The highest BCUT2D eigenvalue weighted by Gasteiger charge is 2.50. The zero-order valence-electron chi connectivity index (χ0n) is 11.3. The van der Waals surface area contributed by atoms with E-state index in [4.69, 9.17) is 4.74 Å². The summed E-state index contributed by atoms with van der Waals surface area (Å²) in [7, 11) is 1.46. The van der Waals surface area contributed by atoms with Gasteiger partial charge in [0.05, 0.1) is 12.5 Å². The van der Waals surface area contributed by atoms with Crippen LogP contribution in [0.5, 0.6) is 0 Å². The smallest absolute Gasteiger partial charge is 0.313 e. The van der Waals surface area contributed by atoms with E-state index in [0.29, 0.717) is 12.5 Å². The van der Waals surface area contributed by atoms with Gasteiger partial charge in [-0.2, -0.15) is 0 Å². The van der Waals surface area contributed by atoms with Gasteiger partial charge >= 0.3 is 5.97 Å². The Labute approximate surface area is 109 Å². The molecule has 1 saturated carbocycles. The molecule has 18 heavy (non-hydrogen) atoms. The Balaban J connectivity index is 1.93. The van der Waals surface area contributed by atoms with Crippen molar-refractivity contribution in [1.82, 2.24) is 0 Å². The first kappa shape index (κ1) is 12.9. The molecule has 1 aliphatic carbocycles. The van der Waals surface area contributed by atoms with Crippen LogP contribution in [0.1, 0.15) is 38.2 Å². The van der Waals surface area contributed by atoms with Crippen molar-refractivity contribution in [2.45, 2.75) is 32.6 Å². The highest BCUT2D eigenvalue weighted by Crippen LogP contribution is 2.46. The van der Waals surface area contributed by atoms with Crippen LogP contribution in [0.4, 0.5) is 5.69 Å². The molecule has 98 valence electrons. The van der Waals surface area contributed by atoms with Crippen LogP contribution in [-0.4, -0.2) is 19.6 Å². The fourth-order valence-electron chi connectivity index (χ4n) is 2.08. The van der Waals surface area contributed by atoms with E-state index in [9.17, 15) is 4.79 Å². The summed E-state index contributed by atoms with van der Waals surface area (Å²) in [6.45, 7) is 5.03. The lowest BCUT2D eigenvalue weighted by Gasteiger charge is -2.15. The lowest BCUT2D eigenvalue weighted by molar-refractivity contribution is -0.146. The molecule has 0 unspecified atom stereocenters. The zero-order chi connectivity index (χ0) is 13.2. The third-order valence-corrected chi connectivity index (χ3v) is 3.68. The third kappa shape index (κ3) is 2.66. The van der Waals surface area contributed by atoms with Gasteiger partial charge in [0.25, 0.3) is 0 Å². The molecule has 1 fully saturated rings. The van der Waals surface area contributed by atoms with E-state index in [2.05, 4.69) is 43.4 Å². The summed E-state index contributed by atoms with van der Waals surface area (Å²) < 4.78 is 4.84. The number of ether oxygens (including phenoxy) is 1. The third-order valence-electron chi connectivity index (χ3n) is 3.68. The standard InChI is InChI=1S/C15H21NO2/c1-11(2)12-4-6-13(7-5-12)16-10-15(8-9-15)14(17)18-3/h4-7,11,16H,8-10H2,1-3H3. The van der Waals surface area contributed by atoms with Crippen molar-refractivity contribution < 1.29 is 9.53 Å². The number of benzene rings is 1. The summed E-state index contributed by atoms with van der Waals surface area (Å²) in [5.41, 5.74) is 2.12. The Kier molecular flexibility index (Phi) is 3.60. The Morgan fingerprint density at radius 1 is 1.33 bits per heavy atom. The van der Waals surface area contributed by atoms with E-state index in [1.165, 1.54) is 12.7 Å². The van der Waals surface area contributed by atoms with Gasteiger partial charge < -0.3 is 10.1 Å². The van der Waals surface area contributed by atoms with Gasteiger partial charge in [0, 0.05) is 12.2 Å². The van der Waals surface area contributed by atoms with Gasteiger partial charge in [-0.15, -0.1) is 0 Å². The molecule has 1 aliphatic rings. The van der Waals surface area contributed by atoms with Gasteiger partial charge in [-0.05, 0) is 36.5 Å². The minimum absolute atomic E-state index is 0.0891. The summed E-state index contributed by atoms with van der Waals surface area (Å²) in [6.07, 6.45) is 1.85. The number of hydrogen-bond acceptors (Lipinski definition) is 3. The average molecular weight is 247 g/mol. The first-order valence-corrected chi connectivity index (χ1v) is 6.50. The second-order valence-corrected chi connectivity index (χ2v) is 5.40. The molecule has 3 heteroatoms. The number of esters is 1. The van der Waals surface area contributed by atoms with Crippen LogP contribution in [0.15, 0.2) is 24.3 Å². The Bertz CT molecular complexity index is 419. The second kappa shape index (κ2) is 5.01. The second-order valence-electron chi connectivity index (χ2n) is 5.40. The molecule has 0 heterocycles. The number of rotatable bonds is 5. The van der Waals surface area contributed by atoms with E-state index < -0.39 is 0 Å². The SMILES string of the molecule is COC(=O)C1(CNc2ccc(C(C)C)cc2)CC1. The maximum absolute atomic E-state index is 11.6. The molecule has 3 nitrogen and oxygen atoms in total. The van der Waals surface area contributed by atoms with E-state index in [1.807, 2.05) is 0 Å². The molecule has 0 aliphatic heterocycles. The van der Waals surface area contributed by atoms with Gasteiger partial charge in [-0.3, -0.25) is 4.79 Å². The van der Waals surface area contributed by atoms with Gasteiger partial charge in [0.1, 0.15) is 0 Å². The van der Waals surface area contributed by atoms with E-state index in [0.717, 1.165) is 18.5 Å². The van der Waals surface area contributed by atoms with Gasteiger partial charge in [0.15, 0.2) is 0 Å². The normalized spacial score (nSPS) is 16.4. The monoisotopic (exact) mass is 247 g/mol. The summed E-state index contributed by atoms with van der Waals surface area (Å²) in [5, 5.41) is 3.33. The molecule has 2 rings (SSSR count). The molecule has 0 spiro atoms. The summed E-state index contributed by atoms with van der Waals surface area (Å²) in [4.78, 5) is 11.6. The molecule has 0 amide bonds. The lowest BCUT2D eigenvalue weighted by atomic mass is 10.0. The van der Waals surface area contributed by atoms with Crippen molar-refractivity contribution >= 4 is 11.7 Å². The molecule has 0 atom stereocenters. The summed E-state index contributed by atoms with van der Waals surface area (Å²) >= 11 is 0. The van der Waals surface area contributed by atoms with Gasteiger partial charge in [-0.25, -0.2) is 0 Å². The van der Waals surface area contributed by atoms with Crippen molar-refractivity contribution in [3.8, 4) is 0 Å². The van der Waals surface area contributed by atoms with Gasteiger partial charge in [0.2, 0.25) is 0 Å². The predicted octanol–water partition coefficient (Wildman–Crippen LogP) is 3.18. The quantitative estimate of drug-likeness (QED) is 0.812. The van der Waals surface area contributed by atoms with Gasteiger partial charge in [-0.1, -0.05) is 26.0 Å². The predicted molar refractivity (Wildman–Crippen MR) is 72.7 cm³/mol. The minimum Gasteiger partial charge on any atom is -0.469 e. The molecule has 0 bridgehead atoms. The molecule has 0 aromatic heterocycles. The van der Waals surface area contributed by atoms with Crippen LogP contribution in [0.2, 0.25) is 0 Å². The van der Waals surface area contributed by atoms with Crippen LogP contribution in [0.25, 0.3) is 0 Å². The Morgan fingerprint density at radius 3 is 2.39 bits per heavy atom. The zero-order valence-corrected chi connectivity index (χ0v) is 11.3. The van der Waals surface area contributed by atoms with Crippen molar-refractivity contribution in [3.63, 3.8) is 0 Å². The number of methoxy groups -OCH3 is 1. The van der Waals surface area contributed by atoms with E-state index in [1.54, 1.807) is 0 Å². The highest BCUT2D eigenvalue weighted by atomic mass is 16.5. The molecule has 1 N–H and O–H groups in total. The number of hydrogen-bond donors (Lipinski definition) is 1. The largest absolute Gasteiger partial charge is 0.469 e. The number of carbonyl (C=O) groups excluding carboxylic acids is 1. The van der Waals surface area contributed by atoms with Crippen molar-refractivity contribution in [2.24, 2.45) is 5.41 Å². The molecular formula is C15H21NO2. The fourth-order valence-corrected chi connectivity index (χ4v) is 2.08. The van der Waals surface area contributed by atoms with Crippen molar-refractivity contribution in [2.75, 3.05) is 19.0 Å². The summed E-state index contributed by atoms with van der Waals surface area (Å²) in [5.74, 6) is 0.456. The van der Waals surface area contributed by atoms with E-state index >= 15 is 0 Å². The van der Waals surface area contributed by atoms with Crippen LogP contribution in [0.3, 0.4) is 0 Å². The maximum Gasteiger partial charge on any atom is 0.313 e. The first-order valence-electron chi connectivity index (χ1n) is 6.50. The maximum atomic E-state index is 11.6. The molecular weight excluding hydrogens is 226 g/mol. The highest BCUT2D eigenvalue weighted by molar-refractivity contribution is 5.80. The average Bonchev–Trinajstić information content (AvgIpc) is 3.17. The number of carbonyl (C=O) groups is 1. The number of nitrogens with one attached hydrogen (secondary N) is 1. The van der Waals surface area contributed by atoms with Crippen LogP contribution in [0, 0.1) is 5.41 Å². The molecule has 1 aromatic carbocycles. The number of anilines is 1. The van der Waals surface area contributed by atoms with Crippen molar-refractivity contribution in [1.29, 1.82) is 0 Å². The van der Waals surface area contributed by atoms with E-state index in [-0.39, 0.29) is 11.4 Å². The Morgan fingerprint density at radius 2 is 1.94 bits per heavy atom. The molecule has 0 radical (unpaired) electrons. The van der Waals surface area contributed by atoms with Crippen molar-refractivity contribution in [3.05, 3.63) is 29.8 Å². The lowest BCUT2D eigenvalue weighted by Crippen LogP contribution is -2.25. The summed E-state index contributed by atoms with van der Waals surface area (Å²) in [6, 6.07) is 8.40. The topological polar surface area (TPSA) is 38.3 Å². The Hall–Kier alpha value is -1.51. The van der Waals surface area contributed by atoms with Crippen LogP contribution < -0.4 is 5.32 Å². The minimum atomic E-state index is -0.272. The van der Waals surface area contributed by atoms with Crippen LogP contribution >= 0.6 is 0 Å².